The van der Waals surface area contributed by atoms with E-state index >= 15 is 0 Å². The molecule has 2 N–H and O–H groups in total. The summed E-state index contributed by atoms with van der Waals surface area (Å²) in [6.45, 7) is 8.75. The highest BCUT2D eigenvalue weighted by atomic mass is 32.1. The Kier molecular flexibility index (Phi) is 4.98. The smallest absolute Gasteiger partial charge is 0.107 e. The number of thiazole rings is 1. The van der Waals surface area contributed by atoms with Crippen LogP contribution in [0.5, 0.6) is 0 Å². The summed E-state index contributed by atoms with van der Waals surface area (Å²) in [7, 11) is 0. The molecule has 3 nitrogen and oxygen atoms in total. The Morgan fingerprint density at radius 1 is 1.47 bits per heavy atom. The second-order valence-electron chi connectivity index (χ2n) is 6.57. The lowest BCUT2D eigenvalue weighted by Crippen LogP contribution is -2.29. The highest BCUT2D eigenvalue weighted by Gasteiger charge is 2.20. The molecule has 0 spiro atoms. The maximum absolute atomic E-state index is 9.02. The van der Waals surface area contributed by atoms with Crippen molar-refractivity contribution in [2.45, 2.75) is 53.0 Å². The fourth-order valence-corrected chi connectivity index (χ4v) is 3.82. The van der Waals surface area contributed by atoms with Gasteiger partial charge in [0.15, 0.2) is 0 Å². The van der Waals surface area contributed by atoms with E-state index in [1.54, 1.807) is 0 Å². The lowest BCUT2D eigenvalue weighted by Gasteiger charge is -2.23. The number of hydrogen-bond donors (Lipinski definition) is 2. The van der Waals surface area contributed by atoms with Crippen molar-refractivity contribution in [1.82, 2.24) is 10.3 Å². The molecule has 0 aromatic carbocycles. The van der Waals surface area contributed by atoms with Crippen molar-refractivity contribution in [2.75, 3.05) is 13.2 Å². The molecule has 0 aliphatic heterocycles. The summed E-state index contributed by atoms with van der Waals surface area (Å²) < 4.78 is 0. The van der Waals surface area contributed by atoms with Gasteiger partial charge in [-0.2, -0.15) is 0 Å². The first-order valence-corrected chi connectivity index (χ1v) is 8.11. The average molecular weight is 282 g/mol. The molecule has 19 heavy (non-hydrogen) atoms. The zero-order valence-electron chi connectivity index (χ0n) is 12.3. The molecule has 1 atom stereocenters. The molecule has 0 saturated heterocycles. The van der Waals surface area contributed by atoms with Gasteiger partial charge in [0, 0.05) is 24.6 Å². The van der Waals surface area contributed by atoms with Gasteiger partial charge in [0.1, 0.15) is 5.01 Å². The van der Waals surface area contributed by atoms with Crippen molar-refractivity contribution in [3.05, 3.63) is 15.6 Å². The van der Waals surface area contributed by atoms with Crippen molar-refractivity contribution in [3.8, 4) is 0 Å². The van der Waals surface area contributed by atoms with Crippen molar-refractivity contribution in [1.29, 1.82) is 0 Å². The summed E-state index contributed by atoms with van der Waals surface area (Å²) in [5, 5.41) is 13.7. The van der Waals surface area contributed by atoms with E-state index in [1.165, 1.54) is 28.4 Å². The van der Waals surface area contributed by atoms with Gasteiger partial charge in [0.25, 0.3) is 0 Å². The topological polar surface area (TPSA) is 45.2 Å². The number of aryl methyl sites for hydroxylation is 1. The van der Waals surface area contributed by atoms with Crippen molar-refractivity contribution < 1.29 is 5.11 Å². The van der Waals surface area contributed by atoms with Crippen LogP contribution in [0.2, 0.25) is 0 Å². The highest BCUT2D eigenvalue weighted by molar-refractivity contribution is 7.11. The highest BCUT2D eigenvalue weighted by Crippen LogP contribution is 2.29. The monoisotopic (exact) mass is 282 g/mol. The molecular weight excluding hydrogens is 256 g/mol. The van der Waals surface area contributed by atoms with Crippen LogP contribution < -0.4 is 5.32 Å². The van der Waals surface area contributed by atoms with Gasteiger partial charge >= 0.3 is 0 Å². The molecule has 1 aliphatic carbocycles. The number of aromatic nitrogens is 1. The standard InChI is InChI=1S/C15H26N2OS/c1-11-4-5-12-13(8-11)19-14(17-12)9-16-10-15(2,3)6-7-18/h11,16,18H,4-10H2,1-3H3. The Bertz CT molecular complexity index is 414. The lowest BCUT2D eigenvalue weighted by molar-refractivity contribution is 0.207. The summed E-state index contributed by atoms with van der Waals surface area (Å²) in [5.41, 5.74) is 1.50. The van der Waals surface area contributed by atoms with E-state index in [0.717, 1.165) is 31.8 Å². The minimum atomic E-state index is 0.153. The maximum atomic E-state index is 9.02. The first-order chi connectivity index (χ1) is 9.00. The normalized spacial score (nSPS) is 19.5. The molecule has 0 saturated carbocycles. The van der Waals surface area contributed by atoms with E-state index in [4.69, 9.17) is 10.1 Å². The Morgan fingerprint density at radius 3 is 3.00 bits per heavy atom. The fraction of sp³-hybridized carbons (Fsp3) is 0.800. The van der Waals surface area contributed by atoms with Crippen LogP contribution in [0.15, 0.2) is 0 Å². The summed E-state index contributed by atoms with van der Waals surface area (Å²) in [6.07, 6.45) is 4.49. The third-order valence-corrected chi connectivity index (χ3v) is 5.02. The molecule has 1 heterocycles. The molecular formula is C15H26N2OS. The Labute approximate surface area is 120 Å². The van der Waals surface area contributed by atoms with Crippen molar-refractivity contribution in [2.24, 2.45) is 11.3 Å². The number of fused-ring (bicyclic) bond motifs is 1. The van der Waals surface area contributed by atoms with Crippen LogP contribution in [0.3, 0.4) is 0 Å². The van der Waals surface area contributed by atoms with Gasteiger partial charge in [-0.05, 0) is 37.0 Å². The Morgan fingerprint density at radius 2 is 2.26 bits per heavy atom. The predicted molar refractivity (Wildman–Crippen MR) is 80.5 cm³/mol. The number of aliphatic hydroxyl groups is 1. The summed E-state index contributed by atoms with van der Waals surface area (Å²) in [5.74, 6) is 0.817. The summed E-state index contributed by atoms with van der Waals surface area (Å²) in [6, 6.07) is 0. The van der Waals surface area contributed by atoms with Crippen LogP contribution in [0, 0.1) is 11.3 Å². The average Bonchev–Trinajstić information content (AvgIpc) is 2.70. The van der Waals surface area contributed by atoms with Gasteiger partial charge in [0.05, 0.1) is 5.69 Å². The lowest BCUT2D eigenvalue weighted by atomic mass is 9.90. The fourth-order valence-electron chi connectivity index (χ4n) is 2.57. The Hall–Kier alpha value is -0.450. The van der Waals surface area contributed by atoms with Crippen LogP contribution in [0.1, 0.15) is 49.2 Å². The molecule has 0 bridgehead atoms. The zero-order valence-corrected chi connectivity index (χ0v) is 13.1. The molecule has 108 valence electrons. The number of rotatable bonds is 6. The van der Waals surface area contributed by atoms with E-state index in [-0.39, 0.29) is 12.0 Å². The van der Waals surface area contributed by atoms with E-state index in [0.29, 0.717) is 0 Å². The molecule has 1 unspecified atom stereocenters. The van der Waals surface area contributed by atoms with Crippen LogP contribution in [-0.2, 0) is 19.4 Å². The van der Waals surface area contributed by atoms with Gasteiger partial charge in [-0.25, -0.2) is 4.98 Å². The van der Waals surface area contributed by atoms with Gasteiger partial charge in [0.2, 0.25) is 0 Å². The van der Waals surface area contributed by atoms with Gasteiger partial charge in [-0.15, -0.1) is 11.3 Å². The first-order valence-electron chi connectivity index (χ1n) is 7.29. The molecule has 1 aromatic heterocycles. The Balaban J connectivity index is 1.84. The second-order valence-corrected chi connectivity index (χ2v) is 7.73. The summed E-state index contributed by atoms with van der Waals surface area (Å²) in [4.78, 5) is 6.26. The second kappa shape index (κ2) is 6.33. The minimum Gasteiger partial charge on any atom is -0.396 e. The number of nitrogens with zero attached hydrogens (tertiary/aromatic N) is 1. The van der Waals surface area contributed by atoms with Crippen LogP contribution in [0.25, 0.3) is 0 Å². The van der Waals surface area contributed by atoms with Crippen LogP contribution >= 0.6 is 11.3 Å². The van der Waals surface area contributed by atoms with E-state index in [1.807, 2.05) is 11.3 Å². The maximum Gasteiger partial charge on any atom is 0.107 e. The van der Waals surface area contributed by atoms with E-state index < -0.39 is 0 Å². The zero-order chi connectivity index (χ0) is 13.9. The molecule has 1 aromatic rings. The number of hydrogen-bond acceptors (Lipinski definition) is 4. The van der Waals surface area contributed by atoms with Gasteiger partial charge in [-0.3, -0.25) is 0 Å². The molecule has 4 heteroatoms. The third-order valence-electron chi connectivity index (χ3n) is 3.90. The molecule has 2 rings (SSSR count). The van der Waals surface area contributed by atoms with E-state index in [9.17, 15) is 0 Å². The van der Waals surface area contributed by atoms with E-state index in [2.05, 4.69) is 26.1 Å². The minimum absolute atomic E-state index is 0.153. The van der Waals surface area contributed by atoms with Crippen LogP contribution in [0.4, 0.5) is 0 Å². The molecule has 0 amide bonds. The number of aliphatic hydroxyl groups excluding tert-OH is 1. The van der Waals surface area contributed by atoms with Crippen molar-refractivity contribution >= 4 is 11.3 Å². The molecule has 0 radical (unpaired) electrons. The predicted octanol–water partition coefficient (Wildman–Crippen LogP) is 2.77. The van der Waals surface area contributed by atoms with Crippen LogP contribution in [-0.4, -0.2) is 23.2 Å². The SMILES string of the molecule is CC1CCc2nc(CNCC(C)(C)CCO)sc2C1. The van der Waals surface area contributed by atoms with Crippen molar-refractivity contribution in [3.63, 3.8) is 0 Å². The molecule has 0 fully saturated rings. The largest absolute Gasteiger partial charge is 0.396 e. The third kappa shape index (κ3) is 4.26. The van der Waals surface area contributed by atoms with Gasteiger partial charge < -0.3 is 10.4 Å². The molecule has 1 aliphatic rings. The van der Waals surface area contributed by atoms with Gasteiger partial charge in [-0.1, -0.05) is 20.8 Å². The quantitative estimate of drug-likeness (QED) is 0.843. The number of nitrogens with one attached hydrogen (secondary N) is 1. The summed E-state index contributed by atoms with van der Waals surface area (Å²) >= 11 is 1.88. The first kappa shape index (κ1) is 14.9.